The fourth-order valence-electron chi connectivity index (χ4n) is 1.39. The number of hydrogen-bond acceptors (Lipinski definition) is 5. The summed E-state index contributed by atoms with van der Waals surface area (Å²) in [7, 11) is 0. The van der Waals surface area contributed by atoms with Gasteiger partial charge in [-0.05, 0) is 12.3 Å². The summed E-state index contributed by atoms with van der Waals surface area (Å²) in [4.78, 5) is 11.7. The molecule has 0 spiro atoms. The first-order valence-electron chi connectivity index (χ1n) is 6.77. The first-order valence-corrected chi connectivity index (χ1v) is 7.58. The number of urea groups is 1. The summed E-state index contributed by atoms with van der Waals surface area (Å²) in [6, 6.07) is -0.322. The number of nitrogens with one attached hydrogen (secondary N) is 2. The SMILES string of the molecule is CC(C)C(O)CCNC(=O)Nc1nnc(C(C)(C)C)s1. The summed E-state index contributed by atoms with van der Waals surface area (Å²) in [5.74, 6) is 0.192. The van der Waals surface area contributed by atoms with Gasteiger partial charge in [-0.15, -0.1) is 10.2 Å². The molecule has 6 nitrogen and oxygen atoms in total. The Balaban J connectivity index is 2.38. The number of nitrogens with zero attached hydrogens (tertiary/aromatic N) is 2. The molecule has 0 radical (unpaired) electrons. The van der Waals surface area contributed by atoms with Crippen LogP contribution in [0.15, 0.2) is 0 Å². The first-order chi connectivity index (χ1) is 9.20. The normalized spacial score (nSPS) is 13.3. The molecule has 20 heavy (non-hydrogen) atoms. The molecular formula is C13H24N4O2S. The van der Waals surface area contributed by atoms with E-state index in [0.717, 1.165) is 5.01 Å². The second-order valence-electron chi connectivity index (χ2n) is 6.14. The Hall–Kier alpha value is -1.21. The van der Waals surface area contributed by atoms with Crippen molar-refractivity contribution in [3.63, 3.8) is 0 Å². The maximum Gasteiger partial charge on any atom is 0.321 e. The van der Waals surface area contributed by atoms with Gasteiger partial charge >= 0.3 is 6.03 Å². The van der Waals surface area contributed by atoms with E-state index < -0.39 is 6.10 Å². The van der Waals surface area contributed by atoms with Crippen LogP contribution in [0, 0.1) is 5.92 Å². The molecule has 1 unspecified atom stereocenters. The molecule has 0 fully saturated rings. The van der Waals surface area contributed by atoms with Gasteiger partial charge in [0, 0.05) is 12.0 Å². The highest BCUT2D eigenvalue weighted by Crippen LogP contribution is 2.27. The van der Waals surface area contributed by atoms with Crippen LogP contribution in [0.4, 0.5) is 9.93 Å². The molecule has 1 rings (SSSR count). The molecule has 0 aliphatic heterocycles. The largest absolute Gasteiger partial charge is 0.393 e. The first kappa shape index (κ1) is 16.8. The van der Waals surface area contributed by atoms with Crippen molar-refractivity contribution in [2.75, 3.05) is 11.9 Å². The van der Waals surface area contributed by atoms with Crippen molar-refractivity contribution in [1.82, 2.24) is 15.5 Å². The number of rotatable bonds is 5. The van der Waals surface area contributed by atoms with Gasteiger partial charge in [0.05, 0.1) is 6.10 Å². The summed E-state index contributed by atoms with van der Waals surface area (Å²) in [5, 5.41) is 24.3. The summed E-state index contributed by atoms with van der Waals surface area (Å²) in [5.41, 5.74) is -0.0740. The number of amides is 2. The molecule has 0 aliphatic rings. The van der Waals surface area contributed by atoms with Gasteiger partial charge in [-0.1, -0.05) is 46.0 Å². The summed E-state index contributed by atoms with van der Waals surface area (Å²) in [6.07, 6.45) is 0.137. The standard InChI is InChI=1S/C13H24N4O2S/c1-8(2)9(18)6-7-14-11(19)15-12-17-16-10(20-12)13(3,4)5/h8-9,18H,6-7H2,1-5H3,(H2,14,15,17,19). The predicted molar refractivity (Wildman–Crippen MR) is 81.1 cm³/mol. The summed E-state index contributed by atoms with van der Waals surface area (Å²) in [6.45, 7) is 10.5. The third-order valence-corrected chi connectivity index (χ3v) is 4.05. The van der Waals surface area contributed by atoms with E-state index in [2.05, 4.69) is 20.8 Å². The van der Waals surface area contributed by atoms with Crippen LogP contribution in [0.1, 0.15) is 46.0 Å². The van der Waals surface area contributed by atoms with Crippen molar-refractivity contribution < 1.29 is 9.90 Å². The highest BCUT2D eigenvalue weighted by Gasteiger charge is 2.20. The van der Waals surface area contributed by atoms with Gasteiger partial charge in [0.1, 0.15) is 5.01 Å². The fraction of sp³-hybridized carbons (Fsp3) is 0.769. The molecule has 7 heteroatoms. The van der Waals surface area contributed by atoms with Crippen LogP contribution in [0.25, 0.3) is 0 Å². The van der Waals surface area contributed by atoms with E-state index >= 15 is 0 Å². The van der Waals surface area contributed by atoms with Crippen LogP contribution >= 0.6 is 11.3 Å². The third-order valence-electron chi connectivity index (χ3n) is 2.78. The highest BCUT2D eigenvalue weighted by atomic mass is 32.1. The molecule has 1 aromatic rings. The van der Waals surface area contributed by atoms with Crippen molar-refractivity contribution >= 4 is 22.5 Å². The van der Waals surface area contributed by atoms with Gasteiger partial charge in [-0.3, -0.25) is 5.32 Å². The Bertz CT molecular complexity index is 440. The van der Waals surface area contributed by atoms with Crippen LogP contribution in [-0.2, 0) is 5.41 Å². The Morgan fingerprint density at radius 2 is 2.00 bits per heavy atom. The van der Waals surface area contributed by atoms with Crippen molar-refractivity contribution in [1.29, 1.82) is 0 Å². The van der Waals surface area contributed by atoms with E-state index in [-0.39, 0.29) is 17.4 Å². The minimum Gasteiger partial charge on any atom is -0.393 e. The number of aromatic nitrogens is 2. The molecule has 0 bridgehead atoms. The zero-order valence-electron chi connectivity index (χ0n) is 12.7. The second-order valence-corrected chi connectivity index (χ2v) is 7.12. The number of aliphatic hydroxyl groups excluding tert-OH is 1. The van der Waals surface area contributed by atoms with Gasteiger partial charge in [-0.2, -0.15) is 0 Å². The van der Waals surface area contributed by atoms with Gasteiger partial charge in [-0.25, -0.2) is 4.79 Å². The minimum atomic E-state index is -0.399. The Morgan fingerprint density at radius 1 is 1.35 bits per heavy atom. The zero-order chi connectivity index (χ0) is 15.3. The molecule has 1 atom stereocenters. The molecule has 0 saturated heterocycles. The zero-order valence-corrected chi connectivity index (χ0v) is 13.5. The molecule has 0 saturated carbocycles. The van der Waals surface area contributed by atoms with E-state index in [1.165, 1.54) is 11.3 Å². The van der Waals surface area contributed by atoms with Gasteiger partial charge in [0.2, 0.25) is 5.13 Å². The predicted octanol–water partition coefficient (Wildman–Crippen LogP) is 2.36. The van der Waals surface area contributed by atoms with E-state index in [9.17, 15) is 9.90 Å². The molecular weight excluding hydrogens is 276 g/mol. The molecule has 3 N–H and O–H groups in total. The molecule has 0 aromatic carbocycles. The van der Waals surface area contributed by atoms with Crippen molar-refractivity contribution in [2.45, 2.75) is 52.6 Å². The number of carbonyl (C=O) groups is 1. The third kappa shape index (κ3) is 5.42. The number of anilines is 1. The lowest BCUT2D eigenvalue weighted by Crippen LogP contribution is -2.32. The van der Waals surface area contributed by atoms with Crippen LogP contribution in [0.2, 0.25) is 0 Å². The topological polar surface area (TPSA) is 87.1 Å². The smallest absolute Gasteiger partial charge is 0.321 e. The van der Waals surface area contributed by atoms with Crippen molar-refractivity contribution in [2.24, 2.45) is 5.92 Å². The van der Waals surface area contributed by atoms with E-state index in [1.807, 2.05) is 34.6 Å². The van der Waals surface area contributed by atoms with Crippen molar-refractivity contribution in [3.8, 4) is 0 Å². The second kappa shape index (κ2) is 6.99. The van der Waals surface area contributed by atoms with Gasteiger partial charge in [0.25, 0.3) is 0 Å². The van der Waals surface area contributed by atoms with Crippen LogP contribution in [0.3, 0.4) is 0 Å². The monoisotopic (exact) mass is 300 g/mol. The lowest BCUT2D eigenvalue weighted by Gasteiger charge is -2.14. The van der Waals surface area contributed by atoms with E-state index in [1.54, 1.807) is 0 Å². The van der Waals surface area contributed by atoms with Gasteiger partial charge in [0.15, 0.2) is 0 Å². The van der Waals surface area contributed by atoms with Crippen molar-refractivity contribution in [3.05, 3.63) is 5.01 Å². The van der Waals surface area contributed by atoms with E-state index in [4.69, 9.17) is 0 Å². The number of carbonyl (C=O) groups excluding carboxylic acids is 1. The number of aliphatic hydroxyl groups is 1. The van der Waals surface area contributed by atoms with Crippen LogP contribution in [0.5, 0.6) is 0 Å². The average Bonchev–Trinajstić information content (AvgIpc) is 2.76. The highest BCUT2D eigenvalue weighted by molar-refractivity contribution is 7.15. The maximum atomic E-state index is 11.7. The Labute approximate surface area is 124 Å². The van der Waals surface area contributed by atoms with E-state index in [0.29, 0.717) is 18.1 Å². The summed E-state index contributed by atoms with van der Waals surface area (Å²) >= 11 is 1.37. The fourth-order valence-corrected chi connectivity index (χ4v) is 2.18. The quantitative estimate of drug-likeness (QED) is 0.779. The minimum absolute atomic E-state index is 0.0740. The maximum absolute atomic E-state index is 11.7. The number of hydrogen-bond donors (Lipinski definition) is 3. The molecule has 1 aromatic heterocycles. The average molecular weight is 300 g/mol. The molecule has 114 valence electrons. The molecule has 0 aliphatic carbocycles. The Morgan fingerprint density at radius 3 is 2.50 bits per heavy atom. The van der Waals surface area contributed by atoms with Gasteiger partial charge < -0.3 is 10.4 Å². The van der Waals surface area contributed by atoms with Crippen LogP contribution in [-0.4, -0.2) is 34.0 Å². The lowest BCUT2D eigenvalue weighted by molar-refractivity contribution is 0.117. The lowest BCUT2D eigenvalue weighted by atomic mass is 9.98. The molecule has 1 heterocycles. The molecule has 2 amide bonds. The Kier molecular flexibility index (Phi) is 5.88. The summed E-state index contributed by atoms with van der Waals surface area (Å²) < 4.78 is 0. The van der Waals surface area contributed by atoms with Crippen LogP contribution < -0.4 is 10.6 Å².